The van der Waals surface area contributed by atoms with Crippen LogP contribution in [0.5, 0.6) is 0 Å². The van der Waals surface area contributed by atoms with Crippen LogP contribution in [0.1, 0.15) is 11.5 Å². The summed E-state index contributed by atoms with van der Waals surface area (Å²) in [6, 6.07) is 2.01. The highest BCUT2D eigenvalue weighted by molar-refractivity contribution is 5.61. The zero-order chi connectivity index (χ0) is 13.2. The smallest absolute Gasteiger partial charge is 0.203 e. The first-order valence-electron chi connectivity index (χ1n) is 6.13. The largest absolute Gasteiger partial charge is 0.367 e. The number of aryl methyl sites for hydroxylation is 2. The van der Waals surface area contributed by atoms with Crippen LogP contribution in [0.3, 0.4) is 0 Å². The number of hydrogen-bond donors (Lipinski definition) is 1. The van der Waals surface area contributed by atoms with E-state index >= 15 is 0 Å². The zero-order valence-corrected chi connectivity index (χ0v) is 10.9. The van der Waals surface area contributed by atoms with Crippen molar-refractivity contribution in [3.63, 3.8) is 0 Å². The van der Waals surface area contributed by atoms with E-state index in [1.54, 1.807) is 12.4 Å². The minimum Gasteiger partial charge on any atom is -0.367 e. The normalized spacial score (nSPS) is 11.1. The number of nitrogens with one attached hydrogen (secondary N) is 1. The molecule has 7 nitrogen and oxygen atoms in total. The Balaban J connectivity index is 1.74. The van der Waals surface area contributed by atoms with Crippen molar-refractivity contribution in [3.05, 3.63) is 36.2 Å². The van der Waals surface area contributed by atoms with Crippen molar-refractivity contribution in [1.82, 2.24) is 29.4 Å². The molecule has 0 fully saturated rings. The molecule has 0 radical (unpaired) electrons. The Morgan fingerprint density at radius 3 is 2.95 bits per heavy atom. The number of fused-ring (bicyclic) bond motifs is 1. The molecule has 0 saturated carbocycles. The van der Waals surface area contributed by atoms with Crippen LogP contribution >= 0.6 is 0 Å². The first kappa shape index (κ1) is 11.6. The van der Waals surface area contributed by atoms with Gasteiger partial charge in [0.1, 0.15) is 5.82 Å². The minimum atomic E-state index is 0.755. The van der Waals surface area contributed by atoms with Crippen LogP contribution in [0.15, 0.2) is 24.7 Å². The molecule has 0 saturated heterocycles. The van der Waals surface area contributed by atoms with Gasteiger partial charge in [-0.3, -0.25) is 9.08 Å². The van der Waals surface area contributed by atoms with Gasteiger partial charge in [-0.25, -0.2) is 4.98 Å². The van der Waals surface area contributed by atoms with Crippen molar-refractivity contribution in [1.29, 1.82) is 0 Å². The molecule has 0 aliphatic rings. The van der Waals surface area contributed by atoms with Gasteiger partial charge in [0.15, 0.2) is 5.82 Å². The lowest BCUT2D eigenvalue weighted by atomic mass is 10.3. The maximum atomic E-state index is 4.30. The maximum Gasteiger partial charge on any atom is 0.203 e. The van der Waals surface area contributed by atoms with Gasteiger partial charge in [-0.2, -0.15) is 5.10 Å². The summed E-state index contributed by atoms with van der Waals surface area (Å²) in [5, 5.41) is 15.6. The third-order valence-corrected chi connectivity index (χ3v) is 3.09. The third kappa shape index (κ3) is 2.14. The molecule has 0 amide bonds. The van der Waals surface area contributed by atoms with Crippen molar-refractivity contribution in [3.8, 4) is 0 Å². The van der Waals surface area contributed by atoms with Gasteiger partial charge in [-0.05, 0) is 13.0 Å². The lowest BCUT2D eigenvalue weighted by Gasteiger charge is -2.06. The maximum absolute atomic E-state index is 4.30. The van der Waals surface area contributed by atoms with E-state index in [0.29, 0.717) is 0 Å². The zero-order valence-electron chi connectivity index (χ0n) is 10.9. The summed E-state index contributed by atoms with van der Waals surface area (Å²) in [6.45, 7) is 2.69. The first-order valence-corrected chi connectivity index (χ1v) is 6.13. The molecule has 0 aliphatic carbocycles. The molecule has 0 spiro atoms. The van der Waals surface area contributed by atoms with Gasteiger partial charge >= 0.3 is 0 Å². The third-order valence-electron chi connectivity index (χ3n) is 3.09. The van der Waals surface area contributed by atoms with E-state index in [2.05, 4.69) is 25.6 Å². The lowest BCUT2D eigenvalue weighted by molar-refractivity contribution is 0.711. The molecule has 0 aromatic carbocycles. The summed E-state index contributed by atoms with van der Waals surface area (Å²) in [5.74, 6) is 1.61. The van der Waals surface area contributed by atoms with Gasteiger partial charge in [0, 0.05) is 44.3 Å². The summed E-state index contributed by atoms with van der Waals surface area (Å²) in [5.41, 5.74) is 1.93. The van der Waals surface area contributed by atoms with Crippen molar-refractivity contribution >= 4 is 11.5 Å². The summed E-state index contributed by atoms with van der Waals surface area (Å²) >= 11 is 0. The monoisotopic (exact) mass is 257 g/mol. The summed E-state index contributed by atoms with van der Waals surface area (Å²) in [7, 11) is 1.94. The number of anilines is 1. The van der Waals surface area contributed by atoms with Crippen LogP contribution in [0.2, 0.25) is 0 Å². The number of hydrogen-bond acceptors (Lipinski definition) is 5. The van der Waals surface area contributed by atoms with E-state index in [9.17, 15) is 0 Å². The fourth-order valence-electron chi connectivity index (χ4n) is 2.02. The highest BCUT2D eigenvalue weighted by Gasteiger charge is 2.07. The first-order chi connectivity index (χ1) is 9.25. The summed E-state index contributed by atoms with van der Waals surface area (Å²) < 4.78 is 3.79. The Bertz CT molecular complexity index is 697. The van der Waals surface area contributed by atoms with E-state index in [1.807, 2.05) is 35.3 Å². The quantitative estimate of drug-likeness (QED) is 0.749. The molecule has 0 atom stereocenters. The second kappa shape index (κ2) is 4.68. The van der Waals surface area contributed by atoms with Gasteiger partial charge in [0.05, 0.1) is 0 Å². The van der Waals surface area contributed by atoms with Gasteiger partial charge in [0.2, 0.25) is 5.65 Å². The molecule has 3 aromatic heterocycles. The Morgan fingerprint density at radius 2 is 2.16 bits per heavy atom. The fourth-order valence-corrected chi connectivity index (χ4v) is 2.02. The molecule has 3 aromatic rings. The Morgan fingerprint density at radius 1 is 1.26 bits per heavy atom. The second-order valence-electron chi connectivity index (χ2n) is 4.34. The SMILES string of the molecule is Cc1nnc2c(NCCc3ccnn3C)nccn12. The topological polar surface area (TPSA) is 72.9 Å². The Kier molecular flexibility index (Phi) is 2.86. The fraction of sp³-hybridized carbons (Fsp3) is 0.333. The average molecular weight is 257 g/mol. The van der Waals surface area contributed by atoms with Crippen molar-refractivity contribution in [2.45, 2.75) is 13.3 Å². The predicted octanol–water partition coefficient (Wildman–Crippen LogP) is 0.821. The van der Waals surface area contributed by atoms with Crippen LogP contribution in [0, 0.1) is 6.92 Å². The van der Waals surface area contributed by atoms with Crippen LogP contribution < -0.4 is 5.32 Å². The minimum absolute atomic E-state index is 0.755. The number of nitrogens with zero attached hydrogens (tertiary/aromatic N) is 6. The van der Waals surface area contributed by atoms with E-state index in [0.717, 1.165) is 30.3 Å². The standard InChI is InChI=1S/C12H15N7/c1-9-16-17-12-11(14-7-8-19(9)12)13-5-3-10-4-6-15-18(10)2/h4,6-8H,3,5H2,1-2H3,(H,13,14). The molecule has 1 N–H and O–H groups in total. The van der Waals surface area contributed by atoms with Gasteiger partial charge in [0.25, 0.3) is 0 Å². The predicted molar refractivity (Wildman–Crippen MR) is 70.9 cm³/mol. The van der Waals surface area contributed by atoms with Crippen LogP contribution in [0.4, 0.5) is 5.82 Å². The molecular weight excluding hydrogens is 242 g/mol. The van der Waals surface area contributed by atoms with Crippen molar-refractivity contribution in [2.24, 2.45) is 7.05 Å². The molecular formula is C12H15N7. The Hall–Kier alpha value is -2.44. The van der Waals surface area contributed by atoms with Crippen LogP contribution in [0.25, 0.3) is 5.65 Å². The van der Waals surface area contributed by atoms with Crippen LogP contribution in [-0.4, -0.2) is 35.9 Å². The van der Waals surface area contributed by atoms with Crippen molar-refractivity contribution < 1.29 is 0 Å². The van der Waals surface area contributed by atoms with E-state index < -0.39 is 0 Å². The average Bonchev–Trinajstić information content (AvgIpc) is 2.98. The molecule has 0 unspecified atom stereocenters. The van der Waals surface area contributed by atoms with Gasteiger partial charge in [-0.15, -0.1) is 10.2 Å². The molecule has 98 valence electrons. The molecule has 0 aliphatic heterocycles. The second-order valence-corrected chi connectivity index (χ2v) is 4.34. The number of aromatic nitrogens is 6. The highest BCUT2D eigenvalue weighted by atomic mass is 15.3. The Labute approximate surface area is 110 Å². The van der Waals surface area contributed by atoms with Gasteiger partial charge < -0.3 is 5.32 Å². The van der Waals surface area contributed by atoms with Crippen molar-refractivity contribution in [2.75, 3.05) is 11.9 Å². The molecule has 7 heteroatoms. The lowest BCUT2D eigenvalue weighted by Crippen LogP contribution is -2.10. The van der Waals surface area contributed by atoms with Gasteiger partial charge in [-0.1, -0.05) is 0 Å². The van der Waals surface area contributed by atoms with E-state index in [-0.39, 0.29) is 0 Å². The highest BCUT2D eigenvalue weighted by Crippen LogP contribution is 2.11. The molecule has 19 heavy (non-hydrogen) atoms. The molecule has 3 rings (SSSR count). The summed E-state index contributed by atoms with van der Waals surface area (Å²) in [4.78, 5) is 4.30. The number of rotatable bonds is 4. The molecule has 3 heterocycles. The van der Waals surface area contributed by atoms with Crippen LogP contribution in [-0.2, 0) is 13.5 Å². The van der Waals surface area contributed by atoms with E-state index in [1.165, 1.54) is 5.69 Å². The van der Waals surface area contributed by atoms with E-state index in [4.69, 9.17) is 0 Å². The summed E-state index contributed by atoms with van der Waals surface area (Å²) in [6.07, 6.45) is 6.29. The molecule has 0 bridgehead atoms.